The van der Waals surface area contributed by atoms with Gasteiger partial charge in [-0.05, 0) is 92.5 Å². The third-order valence-electron chi connectivity index (χ3n) is 5.79. The lowest BCUT2D eigenvalue weighted by molar-refractivity contribution is 0.0989. The second-order valence-electron chi connectivity index (χ2n) is 8.16. The molecule has 0 spiro atoms. The van der Waals surface area contributed by atoms with Gasteiger partial charge >= 0.3 is 0 Å². The quantitative estimate of drug-likeness (QED) is 0.541. The lowest BCUT2D eigenvalue weighted by Crippen LogP contribution is -2.28. The SMILES string of the molecule is CNS(=O)(=O)c1ccc2c(c1)CCN2C(=O)c1ccc(NS(=O)(=O)c2cc(C)ccc2C)cc1. The van der Waals surface area contributed by atoms with Gasteiger partial charge in [-0.15, -0.1) is 0 Å². The van der Waals surface area contributed by atoms with Gasteiger partial charge in [0.2, 0.25) is 10.0 Å². The van der Waals surface area contributed by atoms with Crippen LogP contribution in [-0.4, -0.2) is 36.3 Å². The standard InChI is InChI=1S/C24H25N3O5S2/c1-16-4-5-17(2)23(14-16)34(31,32)26-20-8-6-18(7-9-20)24(28)27-13-12-19-15-21(10-11-22(19)27)33(29,30)25-3/h4-11,14-15,25-26H,12-13H2,1-3H3. The zero-order valence-electron chi connectivity index (χ0n) is 19.0. The minimum absolute atomic E-state index is 0.156. The van der Waals surface area contributed by atoms with Gasteiger partial charge in [0, 0.05) is 23.5 Å². The van der Waals surface area contributed by atoms with Crippen molar-refractivity contribution in [2.24, 2.45) is 0 Å². The van der Waals surface area contributed by atoms with Gasteiger partial charge < -0.3 is 4.90 Å². The summed E-state index contributed by atoms with van der Waals surface area (Å²) in [4.78, 5) is 15.1. The van der Waals surface area contributed by atoms with Crippen molar-refractivity contribution < 1.29 is 21.6 Å². The van der Waals surface area contributed by atoms with Crippen molar-refractivity contribution >= 4 is 37.3 Å². The molecular weight excluding hydrogens is 474 g/mol. The molecule has 34 heavy (non-hydrogen) atoms. The predicted octanol–water partition coefficient (Wildman–Crippen LogP) is 3.22. The highest BCUT2D eigenvalue weighted by atomic mass is 32.2. The number of aryl methyl sites for hydroxylation is 2. The van der Waals surface area contributed by atoms with Crippen molar-refractivity contribution in [1.29, 1.82) is 0 Å². The monoisotopic (exact) mass is 499 g/mol. The van der Waals surface area contributed by atoms with E-state index in [-0.39, 0.29) is 15.7 Å². The molecule has 178 valence electrons. The Hall–Kier alpha value is -3.21. The summed E-state index contributed by atoms with van der Waals surface area (Å²) in [5.41, 5.74) is 3.68. The summed E-state index contributed by atoms with van der Waals surface area (Å²) < 4.78 is 54.6. The molecule has 1 amide bonds. The van der Waals surface area contributed by atoms with Crippen LogP contribution >= 0.6 is 0 Å². The van der Waals surface area contributed by atoms with E-state index < -0.39 is 20.0 Å². The van der Waals surface area contributed by atoms with Crippen molar-refractivity contribution in [2.75, 3.05) is 23.2 Å². The minimum Gasteiger partial charge on any atom is -0.308 e. The summed E-state index contributed by atoms with van der Waals surface area (Å²) in [5.74, 6) is -0.244. The molecule has 0 atom stereocenters. The van der Waals surface area contributed by atoms with Crippen LogP contribution in [0.15, 0.2) is 70.5 Å². The second kappa shape index (κ2) is 8.86. The molecule has 0 saturated carbocycles. The van der Waals surface area contributed by atoms with Crippen LogP contribution < -0.4 is 14.3 Å². The predicted molar refractivity (Wildman–Crippen MR) is 131 cm³/mol. The normalized spacial score (nSPS) is 13.6. The van der Waals surface area contributed by atoms with Gasteiger partial charge in [0.15, 0.2) is 0 Å². The number of rotatable bonds is 6. The Morgan fingerprint density at radius 1 is 0.882 bits per heavy atom. The molecule has 10 heteroatoms. The first-order valence-electron chi connectivity index (χ1n) is 10.6. The number of hydrogen-bond acceptors (Lipinski definition) is 5. The number of nitrogens with zero attached hydrogens (tertiary/aromatic N) is 1. The fourth-order valence-electron chi connectivity index (χ4n) is 3.92. The number of benzene rings is 3. The number of hydrogen-bond donors (Lipinski definition) is 2. The molecule has 0 bridgehead atoms. The van der Waals surface area contributed by atoms with Crippen LogP contribution in [-0.2, 0) is 26.5 Å². The van der Waals surface area contributed by atoms with Gasteiger partial charge in [-0.3, -0.25) is 9.52 Å². The molecule has 0 radical (unpaired) electrons. The van der Waals surface area contributed by atoms with Gasteiger partial charge in [0.25, 0.3) is 15.9 Å². The maximum Gasteiger partial charge on any atom is 0.262 e. The zero-order chi connectivity index (χ0) is 24.7. The highest BCUT2D eigenvalue weighted by molar-refractivity contribution is 7.92. The summed E-state index contributed by atoms with van der Waals surface area (Å²) in [6, 6.07) is 16.2. The van der Waals surface area contributed by atoms with Crippen LogP contribution in [0.4, 0.5) is 11.4 Å². The van der Waals surface area contributed by atoms with Crippen LogP contribution in [0.3, 0.4) is 0 Å². The van der Waals surface area contributed by atoms with Gasteiger partial charge in [0.1, 0.15) is 0 Å². The maximum atomic E-state index is 13.1. The Morgan fingerprint density at radius 3 is 2.26 bits per heavy atom. The lowest BCUT2D eigenvalue weighted by atomic mass is 10.1. The molecule has 0 fully saturated rings. The summed E-state index contributed by atoms with van der Waals surface area (Å²) in [6.07, 6.45) is 0.544. The topological polar surface area (TPSA) is 113 Å². The van der Waals surface area contributed by atoms with E-state index in [0.29, 0.717) is 35.5 Å². The Morgan fingerprint density at radius 2 is 1.59 bits per heavy atom. The summed E-state index contributed by atoms with van der Waals surface area (Å²) in [7, 11) is -5.99. The number of carbonyl (C=O) groups is 1. The Balaban J connectivity index is 1.53. The van der Waals surface area contributed by atoms with Gasteiger partial charge in [-0.2, -0.15) is 0 Å². The average molecular weight is 500 g/mol. The van der Waals surface area contributed by atoms with Gasteiger partial charge in [0.05, 0.1) is 9.79 Å². The molecule has 3 aromatic rings. The summed E-state index contributed by atoms with van der Waals surface area (Å²) in [5, 5.41) is 0. The van der Waals surface area contributed by atoms with E-state index in [0.717, 1.165) is 11.1 Å². The second-order valence-corrected chi connectivity index (χ2v) is 11.7. The summed E-state index contributed by atoms with van der Waals surface area (Å²) in [6.45, 7) is 3.99. The van der Waals surface area contributed by atoms with E-state index >= 15 is 0 Å². The molecule has 3 aromatic carbocycles. The number of fused-ring (bicyclic) bond motifs is 1. The van der Waals surface area contributed by atoms with E-state index in [4.69, 9.17) is 0 Å². The molecular formula is C24H25N3O5S2. The van der Waals surface area contributed by atoms with E-state index in [9.17, 15) is 21.6 Å². The highest BCUT2D eigenvalue weighted by Crippen LogP contribution is 2.31. The lowest BCUT2D eigenvalue weighted by Gasteiger charge is -2.18. The summed E-state index contributed by atoms with van der Waals surface area (Å²) >= 11 is 0. The van der Waals surface area contributed by atoms with Crippen LogP contribution in [0.2, 0.25) is 0 Å². The largest absolute Gasteiger partial charge is 0.308 e. The van der Waals surface area contributed by atoms with Crippen molar-refractivity contribution in [3.8, 4) is 0 Å². The fourth-order valence-corrected chi connectivity index (χ4v) is 6.09. The van der Waals surface area contributed by atoms with E-state index in [1.54, 1.807) is 60.4 Å². The number of sulfonamides is 2. The Bertz CT molecular complexity index is 1480. The third-order valence-corrected chi connectivity index (χ3v) is 8.72. The van der Waals surface area contributed by atoms with Gasteiger partial charge in [-0.25, -0.2) is 21.6 Å². The zero-order valence-corrected chi connectivity index (χ0v) is 20.6. The van der Waals surface area contributed by atoms with Crippen LogP contribution in [0, 0.1) is 13.8 Å². The van der Waals surface area contributed by atoms with Crippen LogP contribution in [0.1, 0.15) is 27.0 Å². The van der Waals surface area contributed by atoms with Crippen molar-refractivity contribution in [3.63, 3.8) is 0 Å². The Labute approximate surface area is 199 Å². The maximum absolute atomic E-state index is 13.1. The molecule has 0 saturated heterocycles. The minimum atomic E-state index is -3.77. The Kier molecular flexibility index (Phi) is 6.24. The number of amides is 1. The molecule has 2 N–H and O–H groups in total. The number of anilines is 2. The highest BCUT2D eigenvalue weighted by Gasteiger charge is 2.27. The van der Waals surface area contributed by atoms with Crippen molar-refractivity contribution in [1.82, 2.24) is 4.72 Å². The van der Waals surface area contributed by atoms with E-state index in [1.165, 1.54) is 13.1 Å². The molecule has 0 aromatic heterocycles. The smallest absolute Gasteiger partial charge is 0.262 e. The van der Waals surface area contributed by atoms with Crippen molar-refractivity contribution in [2.45, 2.75) is 30.1 Å². The van der Waals surface area contributed by atoms with E-state index in [2.05, 4.69) is 9.44 Å². The first-order chi connectivity index (χ1) is 16.0. The molecule has 8 nitrogen and oxygen atoms in total. The fraction of sp³-hybridized carbons (Fsp3) is 0.208. The molecule has 1 aliphatic rings. The molecule has 4 rings (SSSR count). The average Bonchev–Trinajstić information content (AvgIpc) is 3.23. The van der Waals surface area contributed by atoms with Gasteiger partial charge in [-0.1, -0.05) is 12.1 Å². The first-order valence-corrected chi connectivity index (χ1v) is 13.6. The first kappa shape index (κ1) is 23.9. The number of carbonyl (C=O) groups excluding carboxylic acids is 1. The molecule has 1 aliphatic heterocycles. The molecule has 0 aliphatic carbocycles. The molecule has 1 heterocycles. The van der Waals surface area contributed by atoms with E-state index in [1.807, 2.05) is 13.0 Å². The number of nitrogens with one attached hydrogen (secondary N) is 2. The van der Waals surface area contributed by atoms with Crippen molar-refractivity contribution in [3.05, 3.63) is 82.9 Å². The van der Waals surface area contributed by atoms with Crippen LogP contribution in [0.25, 0.3) is 0 Å². The third kappa shape index (κ3) is 4.56. The molecule has 0 unspecified atom stereocenters. The van der Waals surface area contributed by atoms with Crippen LogP contribution in [0.5, 0.6) is 0 Å².